The van der Waals surface area contributed by atoms with Gasteiger partial charge in [-0.3, -0.25) is 0 Å². The maximum atomic E-state index is 11.9. The van der Waals surface area contributed by atoms with Crippen molar-refractivity contribution in [1.29, 1.82) is 0 Å². The van der Waals surface area contributed by atoms with Gasteiger partial charge in [0.15, 0.2) is 15.7 Å². The molecule has 3 heterocycles. The summed E-state index contributed by atoms with van der Waals surface area (Å²) in [4.78, 5) is 6.55. The van der Waals surface area contributed by atoms with Gasteiger partial charge in [-0.2, -0.15) is 5.10 Å². The van der Waals surface area contributed by atoms with E-state index in [9.17, 15) is 13.5 Å². The average Bonchev–Trinajstić information content (AvgIpc) is 3.35. The van der Waals surface area contributed by atoms with E-state index in [-0.39, 0.29) is 4.90 Å². The summed E-state index contributed by atoms with van der Waals surface area (Å²) in [6.07, 6.45) is 2.90. The van der Waals surface area contributed by atoms with Crippen molar-refractivity contribution in [3.8, 4) is 26.8 Å². The van der Waals surface area contributed by atoms with Crippen molar-refractivity contribution >= 4 is 21.2 Å². The van der Waals surface area contributed by atoms with E-state index in [1.807, 2.05) is 42.5 Å². The number of hydrogen-bond acceptors (Lipinski definition) is 6. The van der Waals surface area contributed by atoms with Crippen LogP contribution in [0.25, 0.3) is 26.8 Å². The molecule has 3 aromatic heterocycles. The highest BCUT2D eigenvalue weighted by Gasteiger charge is 2.24. The highest BCUT2D eigenvalue weighted by molar-refractivity contribution is 7.90. The monoisotopic (exact) mass is 439 g/mol. The van der Waals surface area contributed by atoms with Crippen LogP contribution in [0.1, 0.15) is 19.5 Å². The van der Waals surface area contributed by atoms with Crippen molar-refractivity contribution in [2.75, 3.05) is 6.26 Å². The molecule has 0 fully saturated rings. The molecule has 154 valence electrons. The number of pyridine rings is 1. The Kier molecular flexibility index (Phi) is 5.09. The van der Waals surface area contributed by atoms with Crippen LogP contribution in [0.4, 0.5) is 0 Å². The van der Waals surface area contributed by atoms with Crippen LogP contribution in [0.5, 0.6) is 0 Å². The summed E-state index contributed by atoms with van der Waals surface area (Å²) in [6.45, 7) is 3.39. The first-order chi connectivity index (χ1) is 14.1. The summed E-state index contributed by atoms with van der Waals surface area (Å²) < 4.78 is 25.5. The molecule has 4 aromatic rings. The van der Waals surface area contributed by atoms with Crippen LogP contribution in [0.3, 0.4) is 0 Å². The van der Waals surface area contributed by atoms with Gasteiger partial charge in [0.05, 0.1) is 21.2 Å². The smallest absolute Gasteiger partial charge is 0.175 e. The van der Waals surface area contributed by atoms with Gasteiger partial charge in [-0.1, -0.05) is 18.2 Å². The fraction of sp³-hybridized carbons (Fsp3) is 0.182. The molecule has 1 aromatic carbocycles. The number of nitrogens with zero attached hydrogens (tertiary/aromatic N) is 3. The molecule has 0 aliphatic rings. The molecule has 0 amide bonds. The van der Waals surface area contributed by atoms with Gasteiger partial charge < -0.3 is 5.11 Å². The Bertz CT molecular complexity index is 1300. The second-order valence-corrected chi connectivity index (χ2v) is 10.6. The van der Waals surface area contributed by atoms with Crippen molar-refractivity contribution in [2.45, 2.75) is 24.3 Å². The lowest BCUT2D eigenvalue weighted by Crippen LogP contribution is -2.16. The summed E-state index contributed by atoms with van der Waals surface area (Å²) >= 11 is 1.53. The summed E-state index contributed by atoms with van der Waals surface area (Å²) in [6, 6.07) is 18.3. The van der Waals surface area contributed by atoms with Crippen molar-refractivity contribution in [2.24, 2.45) is 0 Å². The van der Waals surface area contributed by atoms with Gasteiger partial charge in [0.25, 0.3) is 0 Å². The molecule has 0 bridgehead atoms. The molecule has 30 heavy (non-hydrogen) atoms. The lowest BCUT2D eigenvalue weighted by atomic mass is 10.1. The molecule has 8 heteroatoms. The Hall–Kier alpha value is -2.81. The number of rotatable bonds is 5. The van der Waals surface area contributed by atoms with Gasteiger partial charge in [0, 0.05) is 17.3 Å². The molecule has 0 saturated carbocycles. The number of sulfone groups is 1. The number of hydrogen-bond donors (Lipinski definition) is 1. The first-order valence-corrected chi connectivity index (χ1v) is 12.0. The molecule has 0 atom stereocenters. The Labute approximate surface area is 179 Å². The zero-order chi connectivity index (χ0) is 21.5. The minimum Gasteiger partial charge on any atom is -0.384 e. The van der Waals surface area contributed by atoms with Gasteiger partial charge in [-0.15, -0.1) is 11.3 Å². The van der Waals surface area contributed by atoms with Crippen LogP contribution in [0, 0.1) is 0 Å². The molecule has 1 N–H and O–H groups in total. The van der Waals surface area contributed by atoms with E-state index in [4.69, 9.17) is 0 Å². The first kappa shape index (κ1) is 20.5. The number of aliphatic hydroxyl groups is 1. The van der Waals surface area contributed by atoms with Crippen LogP contribution < -0.4 is 0 Å². The van der Waals surface area contributed by atoms with E-state index < -0.39 is 15.4 Å². The van der Waals surface area contributed by atoms with Crippen molar-refractivity contribution in [3.05, 3.63) is 72.6 Å². The minimum absolute atomic E-state index is 0.290. The van der Waals surface area contributed by atoms with Crippen LogP contribution in [-0.4, -0.2) is 34.5 Å². The molecule has 0 radical (unpaired) electrons. The molecule has 4 rings (SSSR count). The zero-order valence-corrected chi connectivity index (χ0v) is 18.4. The summed E-state index contributed by atoms with van der Waals surface area (Å²) in [5, 5.41) is 15.0. The number of aromatic nitrogens is 3. The first-order valence-electron chi connectivity index (χ1n) is 9.28. The summed E-state index contributed by atoms with van der Waals surface area (Å²) in [5.41, 5.74) is 1.08. The fourth-order valence-corrected chi connectivity index (χ4v) is 4.69. The van der Waals surface area contributed by atoms with E-state index in [0.29, 0.717) is 11.5 Å². The van der Waals surface area contributed by atoms with Crippen LogP contribution in [-0.2, 0) is 15.4 Å². The third kappa shape index (κ3) is 4.07. The van der Waals surface area contributed by atoms with Gasteiger partial charge in [-0.25, -0.2) is 18.1 Å². The molecular weight excluding hydrogens is 418 g/mol. The van der Waals surface area contributed by atoms with Gasteiger partial charge >= 0.3 is 0 Å². The number of thiophene rings is 1. The van der Waals surface area contributed by atoms with Gasteiger partial charge in [0.2, 0.25) is 0 Å². The molecular formula is C22H21N3O3S2. The second-order valence-electron chi connectivity index (χ2n) is 7.54. The Balaban J connectivity index is 1.81. The third-order valence-electron chi connectivity index (χ3n) is 4.61. The van der Waals surface area contributed by atoms with E-state index in [1.165, 1.54) is 17.6 Å². The average molecular weight is 440 g/mol. The van der Waals surface area contributed by atoms with E-state index in [1.54, 1.807) is 42.9 Å². The zero-order valence-electron chi connectivity index (χ0n) is 16.8. The minimum atomic E-state index is -3.28. The molecule has 0 spiro atoms. The normalized spacial score (nSPS) is 12.3. The molecule has 0 aliphatic heterocycles. The SMILES string of the molecule is CC(C)(O)c1cc(-c2ccc(-c3cccc(S(C)(=O)=O)c3)s2)n(-c2ccccn2)n1. The molecule has 0 unspecified atom stereocenters. The quantitative estimate of drug-likeness (QED) is 0.501. The maximum Gasteiger partial charge on any atom is 0.175 e. The van der Waals surface area contributed by atoms with Crippen LogP contribution >= 0.6 is 11.3 Å². The largest absolute Gasteiger partial charge is 0.384 e. The maximum absolute atomic E-state index is 11.9. The Morgan fingerprint density at radius 2 is 1.77 bits per heavy atom. The molecule has 0 aliphatic carbocycles. The van der Waals surface area contributed by atoms with Gasteiger partial charge in [0.1, 0.15) is 5.60 Å². The number of benzene rings is 1. The fourth-order valence-electron chi connectivity index (χ4n) is 3.02. The topological polar surface area (TPSA) is 85.1 Å². The van der Waals surface area contributed by atoms with Crippen molar-refractivity contribution in [3.63, 3.8) is 0 Å². The van der Waals surface area contributed by atoms with Crippen LogP contribution in [0.15, 0.2) is 71.8 Å². The standard InChI is InChI=1S/C22H21N3O3S2/c1-22(2,26)20-14-17(25(24-20)21-9-4-5-12-23-21)19-11-10-18(29-19)15-7-6-8-16(13-15)30(3,27)28/h4-14,26H,1-3H3. The summed E-state index contributed by atoms with van der Waals surface area (Å²) in [7, 11) is -3.28. The highest BCUT2D eigenvalue weighted by Crippen LogP contribution is 2.37. The Morgan fingerprint density at radius 3 is 2.43 bits per heavy atom. The lowest BCUT2D eigenvalue weighted by Gasteiger charge is -2.12. The Morgan fingerprint density at radius 1 is 1.00 bits per heavy atom. The predicted octanol–water partition coefficient (Wildman–Crippen LogP) is 4.29. The van der Waals surface area contributed by atoms with Gasteiger partial charge in [-0.05, 0) is 61.9 Å². The van der Waals surface area contributed by atoms with Crippen LogP contribution in [0.2, 0.25) is 0 Å². The van der Waals surface area contributed by atoms with E-state index >= 15 is 0 Å². The van der Waals surface area contributed by atoms with Crippen molar-refractivity contribution in [1.82, 2.24) is 14.8 Å². The predicted molar refractivity (Wildman–Crippen MR) is 118 cm³/mol. The molecule has 6 nitrogen and oxygen atoms in total. The molecule has 0 saturated heterocycles. The third-order valence-corrected chi connectivity index (χ3v) is 6.87. The second kappa shape index (κ2) is 7.46. The van der Waals surface area contributed by atoms with E-state index in [0.717, 1.165) is 21.0 Å². The summed E-state index contributed by atoms with van der Waals surface area (Å²) in [5.74, 6) is 0.650. The highest BCUT2D eigenvalue weighted by atomic mass is 32.2. The van der Waals surface area contributed by atoms with E-state index in [2.05, 4.69) is 10.1 Å². The lowest BCUT2D eigenvalue weighted by molar-refractivity contribution is 0.0734. The van der Waals surface area contributed by atoms with Crippen molar-refractivity contribution < 1.29 is 13.5 Å².